The lowest BCUT2D eigenvalue weighted by Crippen LogP contribution is -2.60. The summed E-state index contributed by atoms with van der Waals surface area (Å²) in [6.45, 7) is 5.53. The molecule has 2 aliphatic rings. The molecule has 0 bridgehead atoms. The Bertz CT molecular complexity index is 252. The zero-order valence-corrected chi connectivity index (χ0v) is 9.34. The SMILES string of the molecule is CC(C)C12CCCNC1CC(=O)N2C. The van der Waals surface area contributed by atoms with Crippen LogP contribution in [0.2, 0.25) is 0 Å². The van der Waals surface area contributed by atoms with Crippen LogP contribution in [-0.2, 0) is 4.79 Å². The van der Waals surface area contributed by atoms with Crippen LogP contribution in [0.25, 0.3) is 0 Å². The van der Waals surface area contributed by atoms with Gasteiger partial charge in [0.25, 0.3) is 0 Å². The fourth-order valence-electron chi connectivity index (χ4n) is 3.27. The lowest BCUT2D eigenvalue weighted by Gasteiger charge is -2.47. The predicted molar refractivity (Wildman–Crippen MR) is 56.0 cm³/mol. The zero-order chi connectivity index (χ0) is 10.3. The summed E-state index contributed by atoms with van der Waals surface area (Å²) >= 11 is 0. The highest BCUT2D eigenvalue weighted by atomic mass is 16.2. The van der Waals surface area contributed by atoms with Gasteiger partial charge in [0.1, 0.15) is 0 Å². The first kappa shape index (κ1) is 9.97. The van der Waals surface area contributed by atoms with E-state index in [4.69, 9.17) is 0 Å². The number of hydrogen-bond acceptors (Lipinski definition) is 2. The van der Waals surface area contributed by atoms with E-state index in [1.807, 2.05) is 11.9 Å². The minimum atomic E-state index is 0.0926. The van der Waals surface area contributed by atoms with Crippen molar-refractivity contribution in [1.29, 1.82) is 0 Å². The number of hydrogen-bond donors (Lipinski definition) is 1. The van der Waals surface area contributed by atoms with Crippen molar-refractivity contribution in [2.75, 3.05) is 13.6 Å². The highest BCUT2D eigenvalue weighted by Crippen LogP contribution is 2.41. The fourth-order valence-corrected chi connectivity index (χ4v) is 3.27. The van der Waals surface area contributed by atoms with Gasteiger partial charge in [0.2, 0.25) is 5.91 Å². The van der Waals surface area contributed by atoms with Gasteiger partial charge >= 0.3 is 0 Å². The van der Waals surface area contributed by atoms with Gasteiger partial charge < -0.3 is 10.2 Å². The second kappa shape index (κ2) is 3.23. The molecule has 2 aliphatic heterocycles. The van der Waals surface area contributed by atoms with Crippen molar-refractivity contribution in [3.8, 4) is 0 Å². The van der Waals surface area contributed by atoms with Gasteiger partial charge in [-0.3, -0.25) is 4.79 Å². The molecule has 2 atom stereocenters. The van der Waals surface area contributed by atoms with Crippen molar-refractivity contribution in [2.45, 2.75) is 44.7 Å². The van der Waals surface area contributed by atoms with Crippen molar-refractivity contribution in [1.82, 2.24) is 10.2 Å². The van der Waals surface area contributed by atoms with Crippen molar-refractivity contribution < 1.29 is 4.79 Å². The summed E-state index contributed by atoms with van der Waals surface area (Å²) in [5, 5.41) is 3.50. The number of nitrogens with one attached hydrogen (secondary N) is 1. The molecule has 3 nitrogen and oxygen atoms in total. The molecule has 0 aromatic carbocycles. The van der Waals surface area contributed by atoms with Crippen LogP contribution in [0, 0.1) is 5.92 Å². The number of carbonyl (C=O) groups is 1. The number of piperidine rings is 1. The normalized spacial score (nSPS) is 37.9. The molecule has 0 aromatic rings. The molecule has 80 valence electrons. The smallest absolute Gasteiger partial charge is 0.224 e. The van der Waals surface area contributed by atoms with Gasteiger partial charge in [-0.2, -0.15) is 0 Å². The molecular formula is C11H20N2O. The lowest BCUT2D eigenvalue weighted by molar-refractivity contribution is -0.131. The zero-order valence-electron chi connectivity index (χ0n) is 9.34. The number of fused-ring (bicyclic) bond motifs is 1. The first-order chi connectivity index (χ1) is 6.59. The van der Waals surface area contributed by atoms with Crippen LogP contribution in [0.5, 0.6) is 0 Å². The standard InChI is InChI=1S/C11H20N2O/c1-8(2)11-5-4-6-12-9(11)7-10(14)13(11)3/h8-9,12H,4-7H2,1-3H3. The van der Waals surface area contributed by atoms with Gasteiger partial charge in [-0.15, -0.1) is 0 Å². The number of likely N-dealkylation sites (tertiary alicyclic amines) is 1. The second-order valence-corrected chi connectivity index (χ2v) is 4.91. The van der Waals surface area contributed by atoms with E-state index >= 15 is 0 Å². The Morgan fingerprint density at radius 2 is 2.29 bits per heavy atom. The Morgan fingerprint density at radius 3 is 2.86 bits per heavy atom. The minimum absolute atomic E-state index is 0.0926. The number of likely N-dealkylation sites (N-methyl/N-ethyl adjacent to an activating group) is 1. The molecule has 1 N–H and O–H groups in total. The summed E-state index contributed by atoms with van der Waals surface area (Å²) in [7, 11) is 1.97. The predicted octanol–water partition coefficient (Wildman–Crippen LogP) is 0.995. The highest BCUT2D eigenvalue weighted by molar-refractivity contribution is 5.81. The molecule has 0 spiro atoms. The quantitative estimate of drug-likeness (QED) is 0.678. The maximum absolute atomic E-state index is 11.7. The Kier molecular flexibility index (Phi) is 2.30. The van der Waals surface area contributed by atoms with Crippen LogP contribution in [0.15, 0.2) is 0 Å². The van der Waals surface area contributed by atoms with E-state index < -0.39 is 0 Å². The van der Waals surface area contributed by atoms with Gasteiger partial charge in [-0.25, -0.2) is 0 Å². The lowest BCUT2D eigenvalue weighted by atomic mass is 9.75. The van der Waals surface area contributed by atoms with E-state index in [2.05, 4.69) is 19.2 Å². The summed E-state index contributed by atoms with van der Waals surface area (Å²) in [6, 6.07) is 0.383. The van der Waals surface area contributed by atoms with E-state index in [-0.39, 0.29) is 5.54 Å². The Labute approximate surface area is 85.8 Å². The minimum Gasteiger partial charge on any atom is -0.338 e. The molecule has 0 aromatic heterocycles. The van der Waals surface area contributed by atoms with Gasteiger partial charge in [-0.05, 0) is 25.3 Å². The molecule has 14 heavy (non-hydrogen) atoms. The summed E-state index contributed by atoms with van der Waals surface area (Å²) in [6.07, 6.45) is 3.03. The molecule has 3 heteroatoms. The van der Waals surface area contributed by atoms with Crippen LogP contribution in [-0.4, -0.2) is 36.0 Å². The van der Waals surface area contributed by atoms with Crippen molar-refractivity contribution in [2.24, 2.45) is 5.92 Å². The third-order valence-corrected chi connectivity index (χ3v) is 4.13. The maximum Gasteiger partial charge on any atom is 0.224 e. The topological polar surface area (TPSA) is 32.3 Å². The maximum atomic E-state index is 11.7. The monoisotopic (exact) mass is 196 g/mol. The van der Waals surface area contributed by atoms with E-state index in [9.17, 15) is 4.79 Å². The third-order valence-electron chi connectivity index (χ3n) is 4.13. The number of nitrogens with zero attached hydrogens (tertiary/aromatic N) is 1. The van der Waals surface area contributed by atoms with Gasteiger partial charge in [0, 0.05) is 19.5 Å². The van der Waals surface area contributed by atoms with Crippen LogP contribution in [0.1, 0.15) is 33.1 Å². The number of carbonyl (C=O) groups excluding carboxylic acids is 1. The van der Waals surface area contributed by atoms with Crippen LogP contribution >= 0.6 is 0 Å². The molecule has 0 aliphatic carbocycles. The molecule has 0 saturated carbocycles. The molecule has 2 saturated heterocycles. The number of rotatable bonds is 1. The van der Waals surface area contributed by atoms with Crippen molar-refractivity contribution in [3.63, 3.8) is 0 Å². The largest absolute Gasteiger partial charge is 0.338 e. The highest BCUT2D eigenvalue weighted by Gasteiger charge is 2.53. The molecular weight excluding hydrogens is 176 g/mol. The number of amides is 1. The third kappa shape index (κ3) is 1.11. The Morgan fingerprint density at radius 1 is 1.57 bits per heavy atom. The van der Waals surface area contributed by atoms with Crippen LogP contribution in [0.3, 0.4) is 0 Å². The van der Waals surface area contributed by atoms with Gasteiger partial charge in [-0.1, -0.05) is 13.8 Å². The Hall–Kier alpha value is -0.570. The van der Waals surface area contributed by atoms with Crippen molar-refractivity contribution in [3.05, 3.63) is 0 Å². The summed E-state index contributed by atoms with van der Waals surface area (Å²) in [5.41, 5.74) is 0.0926. The van der Waals surface area contributed by atoms with Gasteiger partial charge in [0.05, 0.1) is 5.54 Å². The first-order valence-electron chi connectivity index (χ1n) is 5.59. The van der Waals surface area contributed by atoms with E-state index in [1.165, 1.54) is 6.42 Å². The molecule has 2 heterocycles. The second-order valence-electron chi connectivity index (χ2n) is 4.91. The average Bonchev–Trinajstić information content (AvgIpc) is 2.41. The van der Waals surface area contributed by atoms with Gasteiger partial charge in [0.15, 0.2) is 0 Å². The average molecular weight is 196 g/mol. The van der Waals surface area contributed by atoms with Crippen LogP contribution < -0.4 is 5.32 Å². The van der Waals surface area contributed by atoms with E-state index in [0.29, 0.717) is 24.3 Å². The summed E-state index contributed by atoms with van der Waals surface area (Å²) < 4.78 is 0. The van der Waals surface area contributed by atoms with Crippen molar-refractivity contribution >= 4 is 5.91 Å². The molecule has 0 radical (unpaired) electrons. The summed E-state index contributed by atoms with van der Waals surface area (Å²) in [4.78, 5) is 13.7. The Balaban J connectivity index is 2.34. The molecule has 2 unspecified atom stereocenters. The fraction of sp³-hybridized carbons (Fsp3) is 0.909. The first-order valence-corrected chi connectivity index (χ1v) is 5.59. The summed E-state index contributed by atoms with van der Waals surface area (Å²) in [5.74, 6) is 0.842. The molecule has 2 fully saturated rings. The molecule has 2 rings (SSSR count). The van der Waals surface area contributed by atoms with Crippen LogP contribution in [0.4, 0.5) is 0 Å². The van der Waals surface area contributed by atoms with E-state index in [0.717, 1.165) is 13.0 Å². The van der Waals surface area contributed by atoms with E-state index in [1.54, 1.807) is 0 Å². The molecule has 1 amide bonds.